The van der Waals surface area contributed by atoms with E-state index in [0.29, 0.717) is 16.8 Å². The minimum Gasteiger partial charge on any atom is -0.456 e. The monoisotopic (exact) mass is 1350 g/mol. The Morgan fingerprint density at radius 3 is 0.874 bits per heavy atom. The molecule has 1 aliphatic carbocycles. The molecule has 0 atom stereocenters. The highest BCUT2D eigenvalue weighted by Gasteiger charge is 2.32. The fourth-order valence-electron chi connectivity index (χ4n) is 13.6. The Labute approximate surface area is 558 Å². The summed E-state index contributed by atoms with van der Waals surface area (Å²) < 4.78 is 40.0. The Kier molecular flexibility index (Phi) is 13.5. The first kappa shape index (κ1) is 56.5. The van der Waals surface area contributed by atoms with Crippen LogP contribution in [0.1, 0.15) is 11.3 Å². The number of furan rings is 6. The largest absolute Gasteiger partial charge is 0.569 e. The van der Waals surface area contributed by atoms with Crippen LogP contribution >= 0.6 is 31.9 Å². The highest BCUT2D eigenvalue weighted by Crippen LogP contribution is 2.46. The van der Waals surface area contributed by atoms with Crippen LogP contribution in [-0.4, -0.2) is 17.2 Å². The minimum absolute atomic E-state index is 0.370. The van der Waals surface area contributed by atoms with Gasteiger partial charge in [-0.3, -0.25) is 0 Å². The summed E-state index contributed by atoms with van der Waals surface area (Å²) in [5, 5.41) is 30.6. The van der Waals surface area contributed by atoms with E-state index in [0.717, 1.165) is 174 Å². The molecule has 95 heavy (non-hydrogen) atoms. The van der Waals surface area contributed by atoms with E-state index >= 15 is 0 Å². The molecule has 0 unspecified atom stereocenters. The average molecular weight is 1360 g/mol. The van der Waals surface area contributed by atoms with E-state index in [-0.39, 0.29) is 0 Å². The smallest absolute Gasteiger partial charge is 0.456 e. The van der Waals surface area contributed by atoms with Crippen molar-refractivity contribution in [1.29, 1.82) is 0 Å². The van der Waals surface area contributed by atoms with Crippen LogP contribution in [0.5, 0.6) is 0 Å². The fraction of sp³-hybridized carbons (Fsp3) is 0. The summed E-state index contributed by atoms with van der Waals surface area (Å²) in [6, 6.07) is 91.8. The second-order valence-electron chi connectivity index (χ2n) is 23.8. The molecule has 1 aliphatic rings. The second kappa shape index (κ2) is 22.8. The van der Waals surface area contributed by atoms with Crippen molar-refractivity contribution in [3.05, 3.63) is 305 Å². The van der Waals surface area contributed by atoms with Gasteiger partial charge in [0.2, 0.25) is 0 Å². The van der Waals surface area contributed by atoms with Gasteiger partial charge in [0, 0.05) is 57.4 Å². The Morgan fingerprint density at radius 2 is 0.547 bits per heavy atom. The summed E-state index contributed by atoms with van der Waals surface area (Å²) in [5.74, 6) is 0.575. The zero-order valence-corrected chi connectivity index (χ0v) is 53.4. The maximum atomic E-state index is 9.59. The van der Waals surface area contributed by atoms with Crippen molar-refractivity contribution < 1.29 is 36.6 Å². The topological polar surface area (TPSA) is 119 Å². The summed E-state index contributed by atoms with van der Waals surface area (Å²) >= 11 is 6.66. The lowest BCUT2D eigenvalue weighted by atomic mass is 9.76. The molecule has 0 aliphatic heterocycles. The molecule has 0 radical (unpaired) electrons. The van der Waals surface area contributed by atoms with Crippen LogP contribution in [0, 0.1) is 6.08 Å². The minimum atomic E-state index is -1.56. The Morgan fingerprint density at radius 1 is 0.263 bits per heavy atom. The molecule has 0 bridgehead atoms. The van der Waals surface area contributed by atoms with Crippen molar-refractivity contribution in [2.45, 2.75) is 0 Å². The van der Waals surface area contributed by atoms with Gasteiger partial charge in [0.1, 0.15) is 67.5 Å². The van der Waals surface area contributed by atoms with Crippen molar-refractivity contribution in [2.75, 3.05) is 0 Å². The molecule has 2 N–H and O–H groups in total. The van der Waals surface area contributed by atoms with Crippen molar-refractivity contribution in [3.63, 3.8) is 0 Å². The normalized spacial score (nSPS) is 12.1. The molecule has 11 heteroatoms. The second-order valence-corrected chi connectivity index (χ2v) is 25.6. The van der Waals surface area contributed by atoms with E-state index in [1.807, 2.05) is 97.1 Å². The highest BCUT2D eigenvalue weighted by molar-refractivity contribution is 9.11. The number of benzene rings is 13. The first-order valence-electron chi connectivity index (χ1n) is 31.1. The number of allylic oxidation sites excluding steroid dienone is 2. The highest BCUT2D eigenvalue weighted by atomic mass is 79.9. The van der Waals surface area contributed by atoms with Gasteiger partial charge in [0.15, 0.2) is 5.58 Å². The van der Waals surface area contributed by atoms with Crippen LogP contribution in [0.4, 0.5) is 0 Å². The summed E-state index contributed by atoms with van der Waals surface area (Å²) in [7, 11) is -1.56. The Hall–Kier alpha value is -11.3. The van der Waals surface area contributed by atoms with E-state index in [9.17, 15) is 10.0 Å². The van der Waals surface area contributed by atoms with Gasteiger partial charge in [-0.2, -0.15) is 0 Å². The lowest BCUT2D eigenvalue weighted by Crippen LogP contribution is -2.14. The van der Waals surface area contributed by atoms with E-state index in [4.69, 9.17) is 26.5 Å². The van der Waals surface area contributed by atoms with Crippen molar-refractivity contribution in [3.8, 4) is 55.6 Å². The molecule has 448 valence electrons. The predicted molar refractivity (Wildman–Crippen MR) is 393 cm³/mol. The molecule has 8 nitrogen and oxygen atoms in total. The first-order valence-corrected chi connectivity index (χ1v) is 32.7. The maximum absolute atomic E-state index is 9.59. The van der Waals surface area contributed by atoms with Crippen LogP contribution in [0.3, 0.4) is 0 Å². The molecule has 6 heterocycles. The molecule has 0 amide bonds. The van der Waals surface area contributed by atoms with E-state index < -0.39 is 7.12 Å². The third kappa shape index (κ3) is 9.87. The quantitative estimate of drug-likeness (QED) is 0.125. The SMILES string of the molecule is Brc1cccc(Br)c1.OB(O)C1=Cc2c(oc3ccc4oc5ccc(-c6ccccc6)cc5c4c23)[C+]=C1.c1ccc(-c2ccc3oc4ccc5oc6ccc(-c7cccc(-c8ccc9oc%10ccc%11oc%12ccc(-c%13ccccc%13)cc%12c%11c%10c9c8)c7)cc6c5c4c3c2)cc1. The molecule has 19 aromatic rings. The standard InChI is InChI=1S/C54H30O4.C24H14BO4.C6H4Br2/c1-3-8-31(9-4-1)35-14-18-43-39(27-35)51-47(55-43)22-24-49-53(51)41-29-37(16-20-45(41)57-49)33-12-7-13-34(26-33)38-17-21-46-42(30-38)54-50(58-46)25-23-48-52(54)40-28-36(15-19-44(40)56-48)32-10-5-2-6-11-32;26-25(27)16-7-9-20-18(13-16)24-22(29-20)11-10-21-23(24)17-12-15(6-8-19(17)28-21)14-4-2-1-3-5-14;7-5-2-1-3-6(8)4-5/h1-30H;1-8,10-13,26-27H;1-4H/q;+1;. The zero-order chi connectivity index (χ0) is 63.4. The third-order valence-corrected chi connectivity index (χ3v) is 19.1. The van der Waals surface area contributed by atoms with Crippen molar-refractivity contribution >= 4 is 166 Å². The molecular weight excluding hydrogens is 1310 g/mol. The van der Waals surface area contributed by atoms with Crippen LogP contribution in [0.25, 0.3) is 182 Å². The first-order chi connectivity index (χ1) is 46.7. The molecular formula is C84H48BBr2O8+. The van der Waals surface area contributed by atoms with Gasteiger partial charge in [-0.25, -0.2) is 0 Å². The molecule has 13 aromatic carbocycles. The van der Waals surface area contributed by atoms with Gasteiger partial charge in [-0.1, -0.05) is 177 Å². The van der Waals surface area contributed by atoms with Gasteiger partial charge in [0.05, 0.1) is 28.4 Å². The van der Waals surface area contributed by atoms with Crippen LogP contribution in [-0.2, 0) is 0 Å². The maximum Gasteiger partial charge on any atom is 0.569 e. The summed E-state index contributed by atoms with van der Waals surface area (Å²) in [6.45, 7) is 0. The molecule has 0 fully saturated rings. The third-order valence-electron chi connectivity index (χ3n) is 18.1. The zero-order valence-electron chi connectivity index (χ0n) is 50.2. The van der Waals surface area contributed by atoms with Gasteiger partial charge >= 0.3 is 12.9 Å². The predicted octanol–water partition coefficient (Wildman–Crippen LogP) is 24.3. The number of hydrogen-bond donors (Lipinski definition) is 2. The molecule has 0 saturated heterocycles. The number of hydrogen-bond acceptors (Lipinski definition) is 8. The van der Waals surface area contributed by atoms with E-state index in [1.54, 1.807) is 6.08 Å². The molecule has 0 saturated carbocycles. The molecule has 0 spiro atoms. The van der Waals surface area contributed by atoms with Gasteiger partial charge < -0.3 is 36.6 Å². The van der Waals surface area contributed by atoms with Crippen molar-refractivity contribution in [2.24, 2.45) is 0 Å². The van der Waals surface area contributed by atoms with Gasteiger partial charge in [-0.05, 0) is 177 Å². The van der Waals surface area contributed by atoms with Crippen LogP contribution in [0.2, 0.25) is 0 Å². The summed E-state index contributed by atoms with van der Waals surface area (Å²) in [6.07, 6.45) is 6.29. The van der Waals surface area contributed by atoms with E-state index in [1.165, 1.54) is 17.2 Å². The lowest BCUT2D eigenvalue weighted by Gasteiger charge is -2.07. The molecule has 20 rings (SSSR count). The lowest BCUT2D eigenvalue weighted by molar-refractivity contribution is 0.421. The van der Waals surface area contributed by atoms with Gasteiger partial charge in [0.25, 0.3) is 0 Å². The molecule has 6 aromatic heterocycles. The number of fused-ring (bicyclic) bond motifs is 21. The number of halogens is 2. The fourth-order valence-corrected chi connectivity index (χ4v) is 14.7. The van der Waals surface area contributed by atoms with Gasteiger partial charge in [-0.15, -0.1) is 0 Å². The van der Waals surface area contributed by atoms with E-state index in [2.05, 4.69) is 208 Å². The van der Waals surface area contributed by atoms with Crippen molar-refractivity contribution in [1.82, 2.24) is 0 Å². The Balaban J connectivity index is 0.000000147. The Bertz CT molecular complexity index is 6080. The average Bonchev–Trinajstić information content (AvgIpc) is 1.60. The summed E-state index contributed by atoms with van der Waals surface area (Å²) in [4.78, 5) is 0. The summed E-state index contributed by atoms with van der Waals surface area (Å²) in [5.41, 5.74) is 21.6. The van der Waals surface area contributed by atoms with Crippen LogP contribution in [0.15, 0.2) is 314 Å². The van der Waals surface area contributed by atoms with Crippen LogP contribution < -0.4 is 0 Å². The number of rotatable bonds is 6.